The van der Waals surface area contributed by atoms with Gasteiger partial charge in [0.15, 0.2) is 5.78 Å². The van der Waals surface area contributed by atoms with E-state index in [1.54, 1.807) is 6.07 Å². The van der Waals surface area contributed by atoms with Gasteiger partial charge in [-0.1, -0.05) is 39.0 Å². The summed E-state index contributed by atoms with van der Waals surface area (Å²) in [5.41, 5.74) is 0.903. The molecule has 0 saturated carbocycles. The number of Topliss-reactive ketones (excluding diaryl/α,β-unsaturated/α-hetero) is 1. The number of carbonyl (C=O) groups is 4. The first-order valence-electron chi connectivity index (χ1n) is 11.6. The van der Waals surface area contributed by atoms with Gasteiger partial charge in [-0.05, 0) is 36.8 Å². The van der Waals surface area contributed by atoms with Crippen molar-refractivity contribution in [1.29, 1.82) is 0 Å². The van der Waals surface area contributed by atoms with Gasteiger partial charge in [-0.3, -0.25) is 19.2 Å². The maximum absolute atomic E-state index is 13.3. The number of rotatable bonds is 10. The van der Waals surface area contributed by atoms with Crippen LogP contribution in [0.25, 0.3) is 10.9 Å². The van der Waals surface area contributed by atoms with Crippen molar-refractivity contribution in [3.63, 3.8) is 0 Å². The van der Waals surface area contributed by atoms with E-state index < -0.39 is 23.9 Å². The van der Waals surface area contributed by atoms with Gasteiger partial charge < -0.3 is 25.7 Å². The van der Waals surface area contributed by atoms with Crippen LogP contribution in [0.5, 0.6) is 0 Å². The highest BCUT2D eigenvalue weighted by atomic mass is 16.5. The zero-order valence-electron chi connectivity index (χ0n) is 20.2. The summed E-state index contributed by atoms with van der Waals surface area (Å²) in [4.78, 5) is 54.1. The van der Waals surface area contributed by atoms with Crippen LogP contribution >= 0.6 is 0 Å². The lowest BCUT2D eigenvalue weighted by molar-refractivity contribution is -0.132. The van der Waals surface area contributed by atoms with Crippen molar-refractivity contribution in [3.8, 4) is 0 Å². The number of aromatic nitrogens is 1. The summed E-state index contributed by atoms with van der Waals surface area (Å²) in [6.45, 7) is 6.29. The molecule has 1 fully saturated rings. The number of nitrogens with one attached hydrogen (secondary N) is 4. The fraction of sp³-hybridized carbons (Fsp3) is 0.520. The Morgan fingerprint density at radius 1 is 1.15 bits per heavy atom. The molecule has 0 bridgehead atoms. The van der Waals surface area contributed by atoms with Crippen LogP contribution in [0.3, 0.4) is 0 Å². The monoisotopic (exact) mass is 470 g/mol. The number of para-hydroxylation sites is 1. The first-order chi connectivity index (χ1) is 16.1. The standard InChI is InChI=1S/C25H34N4O5/c1-25(2,3)13-20(29-23(32)19-11-15-7-5-6-8-17(15)27-19)24(33)28-18(21(30)14-34-4)12-16-9-10-26-22(16)31/h5-8,11,16,18,20,27H,9-10,12-14H2,1-4H3,(H,26,31)(H,28,33)(H,29,32)/t16?,18-,20-/m0/s1. The second kappa shape index (κ2) is 10.8. The maximum Gasteiger partial charge on any atom is 0.268 e. The Labute approximate surface area is 199 Å². The second-order valence-electron chi connectivity index (χ2n) is 10.0. The molecule has 184 valence electrons. The normalized spacial score (nSPS) is 17.8. The number of aromatic amines is 1. The molecule has 4 N–H and O–H groups in total. The van der Waals surface area contributed by atoms with Gasteiger partial charge in [-0.2, -0.15) is 0 Å². The number of carbonyl (C=O) groups excluding carboxylic acids is 4. The number of H-pyrrole nitrogens is 1. The molecule has 0 radical (unpaired) electrons. The predicted molar refractivity (Wildman–Crippen MR) is 128 cm³/mol. The number of hydrogen-bond acceptors (Lipinski definition) is 5. The number of hydrogen-bond donors (Lipinski definition) is 4. The van der Waals surface area contributed by atoms with Gasteiger partial charge in [-0.15, -0.1) is 0 Å². The third-order valence-electron chi connectivity index (χ3n) is 5.89. The third kappa shape index (κ3) is 6.66. The Morgan fingerprint density at radius 2 is 1.88 bits per heavy atom. The quantitative estimate of drug-likeness (QED) is 0.422. The Kier molecular flexibility index (Phi) is 8.09. The Balaban J connectivity index is 1.76. The van der Waals surface area contributed by atoms with Crippen LogP contribution in [0.15, 0.2) is 30.3 Å². The zero-order chi connectivity index (χ0) is 24.9. The zero-order valence-corrected chi connectivity index (χ0v) is 20.2. The number of methoxy groups -OCH3 is 1. The summed E-state index contributed by atoms with van der Waals surface area (Å²) < 4.78 is 4.97. The summed E-state index contributed by atoms with van der Waals surface area (Å²) in [6.07, 6.45) is 1.16. The number of amides is 3. The molecule has 1 aliphatic heterocycles. The largest absolute Gasteiger partial charge is 0.377 e. The van der Waals surface area contributed by atoms with Crippen LogP contribution < -0.4 is 16.0 Å². The van der Waals surface area contributed by atoms with Gasteiger partial charge in [0, 0.05) is 30.5 Å². The van der Waals surface area contributed by atoms with E-state index in [2.05, 4.69) is 20.9 Å². The number of ketones is 1. The average Bonchev–Trinajstić information content (AvgIpc) is 3.38. The van der Waals surface area contributed by atoms with Crippen LogP contribution in [-0.2, 0) is 19.1 Å². The lowest BCUT2D eigenvalue weighted by Crippen LogP contribution is -2.53. The second-order valence-corrected chi connectivity index (χ2v) is 10.0. The van der Waals surface area contributed by atoms with E-state index in [0.29, 0.717) is 25.1 Å². The molecule has 2 aromatic rings. The van der Waals surface area contributed by atoms with Gasteiger partial charge in [0.25, 0.3) is 5.91 Å². The summed E-state index contributed by atoms with van der Waals surface area (Å²) in [5.74, 6) is -1.66. The molecule has 1 aliphatic rings. The van der Waals surface area contributed by atoms with E-state index in [-0.39, 0.29) is 36.1 Å². The minimum Gasteiger partial charge on any atom is -0.377 e. The summed E-state index contributed by atoms with van der Waals surface area (Å²) in [7, 11) is 1.40. The van der Waals surface area contributed by atoms with Gasteiger partial charge in [0.05, 0.1) is 6.04 Å². The van der Waals surface area contributed by atoms with Crippen LogP contribution in [0.4, 0.5) is 0 Å². The molecule has 1 unspecified atom stereocenters. The van der Waals surface area contributed by atoms with E-state index in [0.717, 1.165) is 10.9 Å². The Morgan fingerprint density at radius 3 is 2.50 bits per heavy atom. The van der Waals surface area contributed by atoms with E-state index in [1.165, 1.54) is 7.11 Å². The molecule has 9 heteroatoms. The van der Waals surface area contributed by atoms with Gasteiger partial charge >= 0.3 is 0 Å². The Bertz CT molecular complexity index is 1020. The lowest BCUT2D eigenvalue weighted by Gasteiger charge is -2.28. The Hall–Kier alpha value is -3.20. The van der Waals surface area contributed by atoms with Gasteiger partial charge in [-0.25, -0.2) is 0 Å². The summed E-state index contributed by atoms with van der Waals surface area (Å²) in [6, 6.07) is 7.51. The van der Waals surface area contributed by atoms with Crippen molar-refractivity contribution < 1.29 is 23.9 Å². The highest BCUT2D eigenvalue weighted by Gasteiger charge is 2.34. The molecule has 0 spiro atoms. The molecule has 34 heavy (non-hydrogen) atoms. The van der Waals surface area contributed by atoms with Crippen LogP contribution in [0.1, 0.15) is 50.5 Å². The van der Waals surface area contributed by atoms with Crippen molar-refractivity contribution in [2.24, 2.45) is 11.3 Å². The van der Waals surface area contributed by atoms with Crippen molar-refractivity contribution in [2.45, 2.75) is 52.1 Å². The SMILES string of the molecule is COCC(=O)[C@H](CC1CCNC1=O)NC(=O)[C@H](CC(C)(C)C)NC(=O)c1cc2ccccc2[nH]1. The molecule has 3 rings (SSSR count). The number of benzene rings is 1. The van der Waals surface area contributed by atoms with E-state index in [9.17, 15) is 19.2 Å². The summed E-state index contributed by atoms with van der Waals surface area (Å²) >= 11 is 0. The third-order valence-corrected chi connectivity index (χ3v) is 5.89. The molecular weight excluding hydrogens is 436 g/mol. The highest BCUT2D eigenvalue weighted by Crippen LogP contribution is 2.23. The summed E-state index contributed by atoms with van der Waals surface area (Å²) in [5, 5.41) is 9.25. The van der Waals surface area contributed by atoms with Crippen molar-refractivity contribution >= 4 is 34.4 Å². The van der Waals surface area contributed by atoms with Crippen LogP contribution in [0.2, 0.25) is 0 Å². The molecular formula is C25H34N4O5. The van der Waals surface area contributed by atoms with E-state index in [1.807, 2.05) is 45.0 Å². The molecule has 0 aliphatic carbocycles. The minimum atomic E-state index is -0.881. The average molecular weight is 471 g/mol. The number of fused-ring (bicyclic) bond motifs is 1. The highest BCUT2D eigenvalue weighted by molar-refractivity contribution is 6.01. The predicted octanol–water partition coefficient (Wildman–Crippen LogP) is 1.93. The smallest absolute Gasteiger partial charge is 0.268 e. The molecule has 2 heterocycles. The van der Waals surface area contributed by atoms with Crippen LogP contribution in [0, 0.1) is 11.3 Å². The van der Waals surface area contributed by atoms with Crippen molar-refractivity contribution in [1.82, 2.24) is 20.9 Å². The molecule has 1 saturated heterocycles. The molecule has 1 aromatic heterocycles. The van der Waals surface area contributed by atoms with Crippen molar-refractivity contribution in [2.75, 3.05) is 20.3 Å². The lowest BCUT2D eigenvalue weighted by atomic mass is 9.87. The molecule has 3 amide bonds. The topological polar surface area (TPSA) is 129 Å². The molecule has 9 nitrogen and oxygen atoms in total. The molecule has 1 aromatic carbocycles. The first kappa shape index (κ1) is 25.4. The van der Waals surface area contributed by atoms with E-state index >= 15 is 0 Å². The maximum atomic E-state index is 13.3. The first-order valence-corrected chi connectivity index (χ1v) is 11.6. The van der Waals surface area contributed by atoms with Crippen molar-refractivity contribution in [3.05, 3.63) is 36.0 Å². The van der Waals surface area contributed by atoms with Crippen LogP contribution in [-0.4, -0.2) is 60.8 Å². The van der Waals surface area contributed by atoms with Gasteiger partial charge in [0.1, 0.15) is 18.3 Å². The van der Waals surface area contributed by atoms with E-state index in [4.69, 9.17) is 4.74 Å². The fourth-order valence-corrected chi connectivity index (χ4v) is 4.19. The molecule has 3 atom stereocenters. The number of ether oxygens (including phenoxy) is 1. The minimum absolute atomic E-state index is 0.122. The fourth-order valence-electron chi connectivity index (χ4n) is 4.19. The van der Waals surface area contributed by atoms with Gasteiger partial charge in [0.2, 0.25) is 11.8 Å².